The highest BCUT2D eigenvalue weighted by molar-refractivity contribution is 5.99. The number of Topliss-reactive ketones (excluding diaryl/α,β-unsaturated/α-hetero) is 1. The number of aromatic nitrogens is 2. The van der Waals surface area contributed by atoms with Gasteiger partial charge in [-0.3, -0.25) is 9.59 Å². The van der Waals surface area contributed by atoms with Crippen molar-refractivity contribution in [2.75, 3.05) is 26.4 Å². The van der Waals surface area contributed by atoms with Crippen LogP contribution in [0.2, 0.25) is 0 Å². The molecule has 3 aromatic rings. The van der Waals surface area contributed by atoms with Crippen LogP contribution in [0.1, 0.15) is 27.3 Å². The van der Waals surface area contributed by atoms with E-state index in [1.165, 1.54) is 12.1 Å². The molecular weight excluding hydrogens is 428 g/mol. The van der Waals surface area contributed by atoms with E-state index in [1.54, 1.807) is 30.3 Å². The minimum absolute atomic E-state index is 0.0826. The molecule has 9 heteroatoms. The molecule has 0 unspecified atom stereocenters. The minimum atomic E-state index is -0.810. The van der Waals surface area contributed by atoms with Crippen LogP contribution in [0.3, 0.4) is 0 Å². The first-order valence-electron chi connectivity index (χ1n) is 10.5. The standard InChI is InChI=1S/C24H22N2O7/c27-20(17-7-9-21-22(15-17)32-13-4-12-31-21)16-33-24(29)19-8-10-23(28)26(25-19)11-14-30-18-5-2-1-3-6-18/h1-3,5-10,15H,4,11-14,16H2. The second-order valence-corrected chi connectivity index (χ2v) is 7.15. The lowest BCUT2D eigenvalue weighted by Crippen LogP contribution is -2.27. The average Bonchev–Trinajstić information content (AvgIpc) is 3.09. The van der Waals surface area contributed by atoms with Crippen LogP contribution in [0.5, 0.6) is 17.2 Å². The fourth-order valence-electron chi connectivity index (χ4n) is 3.11. The predicted molar refractivity (Wildman–Crippen MR) is 117 cm³/mol. The van der Waals surface area contributed by atoms with Gasteiger partial charge in [0.05, 0.1) is 19.8 Å². The SMILES string of the molecule is O=C(COC(=O)c1ccc(=O)n(CCOc2ccccc2)n1)c1ccc2c(c1)OCCCO2. The predicted octanol–water partition coefficient (Wildman–Crippen LogP) is 2.52. The maximum atomic E-state index is 12.5. The third-order valence-corrected chi connectivity index (χ3v) is 4.79. The number of esters is 1. The number of rotatable bonds is 8. The van der Waals surface area contributed by atoms with Crippen molar-refractivity contribution < 1.29 is 28.5 Å². The van der Waals surface area contributed by atoms with Gasteiger partial charge >= 0.3 is 5.97 Å². The molecule has 170 valence electrons. The smallest absolute Gasteiger partial charge is 0.359 e. The number of hydrogen-bond acceptors (Lipinski definition) is 8. The number of carbonyl (C=O) groups excluding carboxylic acids is 2. The van der Waals surface area contributed by atoms with Crippen LogP contribution < -0.4 is 19.8 Å². The second-order valence-electron chi connectivity index (χ2n) is 7.15. The Labute approximate surface area is 189 Å². The second kappa shape index (κ2) is 10.4. The molecule has 9 nitrogen and oxygen atoms in total. The molecule has 1 aliphatic heterocycles. The fourth-order valence-corrected chi connectivity index (χ4v) is 3.11. The largest absolute Gasteiger partial charge is 0.492 e. The molecule has 0 saturated carbocycles. The van der Waals surface area contributed by atoms with Gasteiger partial charge in [-0.1, -0.05) is 18.2 Å². The molecule has 0 amide bonds. The van der Waals surface area contributed by atoms with E-state index in [-0.39, 0.29) is 24.4 Å². The van der Waals surface area contributed by atoms with Crippen LogP contribution in [-0.2, 0) is 11.3 Å². The Balaban J connectivity index is 1.34. The van der Waals surface area contributed by atoms with E-state index in [4.69, 9.17) is 18.9 Å². The molecule has 33 heavy (non-hydrogen) atoms. The molecule has 0 N–H and O–H groups in total. The molecule has 0 spiro atoms. The number of fused-ring (bicyclic) bond motifs is 1. The van der Waals surface area contributed by atoms with Crippen LogP contribution in [0, 0.1) is 0 Å². The third-order valence-electron chi connectivity index (χ3n) is 4.79. The molecule has 4 rings (SSSR count). The summed E-state index contributed by atoms with van der Waals surface area (Å²) in [7, 11) is 0. The summed E-state index contributed by atoms with van der Waals surface area (Å²) in [6, 6.07) is 16.4. The zero-order chi connectivity index (χ0) is 23.0. The highest BCUT2D eigenvalue weighted by Crippen LogP contribution is 2.30. The lowest BCUT2D eigenvalue weighted by Gasteiger charge is -2.10. The number of ketones is 1. The first-order chi connectivity index (χ1) is 16.1. The van der Waals surface area contributed by atoms with Gasteiger partial charge in [0, 0.05) is 18.1 Å². The Hall–Kier alpha value is -4.14. The molecule has 2 aromatic carbocycles. The molecule has 1 aliphatic rings. The van der Waals surface area contributed by atoms with Gasteiger partial charge in [-0.15, -0.1) is 0 Å². The van der Waals surface area contributed by atoms with Crippen LogP contribution in [0.4, 0.5) is 0 Å². The van der Waals surface area contributed by atoms with Gasteiger partial charge in [0.15, 0.2) is 29.6 Å². The number of hydrogen-bond donors (Lipinski definition) is 0. The summed E-state index contributed by atoms with van der Waals surface area (Å²) >= 11 is 0. The average molecular weight is 450 g/mol. The van der Waals surface area contributed by atoms with Crippen LogP contribution in [0.15, 0.2) is 65.5 Å². The maximum Gasteiger partial charge on any atom is 0.359 e. The van der Waals surface area contributed by atoms with E-state index < -0.39 is 18.4 Å². The zero-order valence-electron chi connectivity index (χ0n) is 17.8. The molecule has 0 atom stereocenters. The highest BCUT2D eigenvalue weighted by Gasteiger charge is 2.17. The molecule has 0 bridgehead atoms. The van der Waals surface area contributed by atoms with E-state index in [0.29, 0.717) is 36.0 Å². The van der Waals surface area contributed by atoms with Crippen molar-refractivity contribution in [3.05, 3.63) is 82.3 Å². The summed E-state index contributed by atoms with van der Waals surface area (Å²) in [6.45, 7) is 0.905. The topological polar surface area (TPSA) is 106 Å². The molecule has 0 saturated heterocycles. The first kappa shape index (κ1) is 22.1. The van der Waals surface area contributed by atoms with Gasteiger partial charge in [0.25, 0.3) is 5.56 Å². The van der Waals surface area contributed by atoms with Crippen LogP contribution >= 0.6 is 0 Å². The van der Waals surface area contributed by atoms with E-state index in [1.807, 2.05) is 18.2 Å². The monoisotopic (exact) mass is 450 g/mol. The highest BCUT2D eigenvalue weighted by atomic mass is 16.5. The van der Waals surface area contributed by atoms with Gasteiger partial charge in [-0.25, -0.2) is 9.48 Å². The normalized spacial score (nSPS) is 12.5. The molecule has 2 heterocycles. The molecule has 0 radical (unpaired) electrons. The number of nitrogens with zero attached hydrogens (tertiary/aromatic N) is 2. The van der Waals surface area contributed by atoms with Gasteiger partial charge in [0.1, 0.15) is 12.4 Å². The molecular formula is C24H22N2O7. The van der Waals surface area contributed by atoms with Crippen molar-refractivity contribution in [2.45, 2.75) is 13.0 Å². The Morgan fingerprint density at radius 2 is 1.76 bits per heavy atom. The molecule has 0 aliphatic carbocycles. The molecule has 1 aromatic heterocycles. The van der Waals surface area contributed by atoms with Crippen molar-refractivity contribution in [3.8, 4) is 17.2 Å². The summed E-state index contributed by atoms with van der Waals surface area (Å²) in [5.41, 5.74) is -0.129. The van der Waals surface area contributed by atoms with Crippen molar-refractivity contribution in [2.24, 2.45) is 0 Å². The number of carbonyl (C=O) groups is 2. The summed E-state index contributed by atoms with van der Waals surface area (Å²) in [5.74, 6) is 0.508. The van der Waals surface area contributed by atoms with E-state index >= 15 is 0 Å². The minimum Gasteiger partial charge on any atom is -0.492 e. The number of ether oxygens (including phenoxy) is 4. The lowest BCUT2D eigenvalue weighted by molar-refractivity contribution is 0.0465. The maximum absolute atomic E-state index is 12.5. The zero-order valence-corrected chi connectivity index (χ0v) is 17.8. The Bertz CT molecular complexity index is 1190. The van der Waals surface area contributed by atoms with Crippen molar-refractivity contribution >= 4 is 11.8 Å². The van der Waals surface area contributed by atoms with Crippen molar-refractivity contribution in [1.82, 2.24) is 9.78 Å². The van der Waals surface area contributed by atoms with Crippen molar-refractivity contribution in [3.63, 3.8) is 0 Å². The van der Waals surface area contributed by atoms with Gasteiger partial charge < -0.3 is 18.9 Å². The Morgan fingerprint density at radius 1 is 0.970 bits per heavy atom. The van der Waals surface area contributed by atoms with Gasteiger partial charge in [0.2, 0.25) is 0 Å². The summed E-state index contributed by atoms with van der Waals surface area (Å²) in [4.78, 5) is 36.9. The number of benzene rings is 2. The van der Waals surface area contributed by atoms with E-state index in [0.717, 1.165) is 11.1 Å². The van der Waals surface area contributed by atoms with Crippen LogP contribution in [-0.4, -0.2) is 48.0 Å². The Morgan fingerprint density at radius 3 is 2.58 bits per heavy atom. The quantitative estimate of drug-likeness (QED) is 0.381. The van der Waals surface area contributed by atoms with Gasteiger partial charge in [-0.05, 0) is 36.4 Å². The summed E-state index contributed by atoms with van der Waals surface area (Å²) in [5, 5.41) is 4.02. The third kappa shape index (κ3) is 5.76. The summed E-state index contributed by atoms with van der Waals surface area (Å²) < 4.78 is 22.9. The Kier molecular flexibility index (Phi) is 6.99. The van der Waals surface area contributed by atoms with Gasteiger partial charge in [-0.2, -0.15) is 5.10 Å². The van der Waals surface area contributed by atoms with Crippen LogP contribution in [0.25, 0.3) is 0 Å². The van der Waals surface area contributed by atoms with E-state index in [9.17, 15) is 14.4 Å². The van der Waals surface area contributed by atoms with E-state index in [2.05, 4.69) is 5.10 Å². The van der Waals surface area contributed by atoms with Crippen molar-refractivity contribution in [1.29, 1.82) is 0 Å². The number of para-hydroxylation sites is 1. The molecule has 0 fully saturated rings. The first-order valence-corrected chi connectivity index (χ1v) is 10.5. The summed E-state index contributed by atoms with van der Waals surface area (Å²) in [6.07, 6.45) is 0.753. The fraction of sp³-hybridized carbons (Fsp3) is 0.250. The lowest BCUT2D eigenvalue weighted by atomic mass is 10.1.